The Bertz CT molecular complexity index is 354. The number of nitrogens with one attached hydrogen (secondary N) is 1. The van der Waals surface area contributed by atoms with Gasteiger partial charge in [-0.15, -0.1) is 11.8 Å². The first-order valence-corrected chi connectivity index (χ1v) is 7.19. The average molecular weight is 318 g/mol. The second-order valence-electron chi connectivity index (χ2n) is 3.71. The molecule has 1 unspecified atom stereocenters. The molecule has 0 saturated carbocycles. The number of hydrogen-bond acceptors (Lipinski definition) is 3. The number of amides is 1. The summed E-state index contributed by atoms with van der Waals surface area (Å²) in [7, 11) is 0. The molecule has 0 saturated heterocycles. The monoisotopic (exact) mass is 317 g/mol. The third-order valence-electron chi connectivity index (χ3n) is 2.01. The van der Waals surface area contributed by atoms with Gasteiger partial charge in [0.25, 0.3) is 0 Å². The molecule has 3 nitrogen and oxygen atoms in total. The zero-order valence-electron chi connectivity index (χ0n) is 9.65. The van der Waals surface area contributed by atoms with Crippen molar-refractivity contribution < 1.29 is 9.90 Å². The molecule has 2 N–H and O–H groups in total. The Balaban J connectivity index is 2.19. The normalized spacial score (nSPS) is 12.2. The summed E-state index contributed by atoms with van der Waals surface area (Å²) in [6.45, 7) is 1.97. The van der Waals surface area contributed by atoms with E-state index < -0.39 is 6.10 Å². The Morgan fingerprint density at radius 2 is 2.12 bits per heavy atom. The van der Waals surface area contributed by atoms with Crippen molar-refractivity contribution in [3.8, 4) is 0 Å². The first-order valence-electron chi connectivity index (χ1n) is 5.41. The first kappa shape index (κ1) is 14.5. The van der Waals surface area contributed by atoms with Crippen LogP contribution in [0.25, 0.3) is 0 Å². The summed E-state index contributed by atoms with van der Waals surface area (Å²) in [6, 6.07) is 8.00. The number of carbonyl (C=O) groups is 1. The molecule has 5 heteroatoms. The zero-order chi connectivity index (χ0) is 12.7. The summed E-state index contributed by atoms with van der Waals surface area (Å²) in [5, 5.41) is 11.7. The molecule has 94 valence electrons. The van der Waals surface area contributed by atoms with Crippen molar-refractivity contribution in [2.75, 3.05) is 12.3 Å². The highest BCUT2D eigenvalue weighted by Crippen LogP contribution is 2.20. The molecule has 0 fully saturated rings. The van der Waals surface area contributed by atoms with Crippen molar-refractivity contribution in [2.45, 2.75) is 24.3 Å². The van der Waals surface area contributed by atoms with Crippen LogP contribution in [0, 0.1) is 0 Å². The molecule has 17 heavy (non-hydrogen) atoms. The molecule has 0 aromatic heterocycles. The molecule has 1 aromatic carbocycles. The highest BCUT2D eigenvalue weighted by Gasteiger charge is 2.03. The van der Waals surface area contributed by atoms with Gasteiger partial charge in [-0.05, 0) is 31.2 Å². The lowest BCUT2D eigenvalue weighted by atomic mass is 10.4. The fourth-order valence-corrected chi connectivity index (χ4v) is 2.26. The maximum atomic E-state index is 11.3. The van der Waals surface area contributed by atoms with Crippen LogP contribution in [0.4, 0.5) is 0 Å². The second-order valence-corrected chi connectivity index (χ2v) is 5.79. The van der Waals surface area contributed by atoms with Gasteiger partial charge in [0.15, 0.2) is 0 Å². The van der Waals surface area contributed by atoms with E-state index in [2.05, 4.69) is 21.2 Å². The predicted molar refractivity (Wildman–Crippen MR) is 74.2 cm³/mol. The van der Waals surface area contributed by atoms with Gasteiger partial charge < -0.3 is 10.4 Å². The van der Waals surface area contributed by atoms with E-state index in [1.165, 1.54) is 0 Å². The number of aliphatic hydroxyl groups excluding tert-OH is 1. The molecule has 1 rings (SSSR count). The van der Waals surface area contributed by atoms with Gasteiger partial charge in [-0.3, -0.25) is 4.79 Å². The van der Waals surface area contributed by atoms with Gasteiger partial charge in [-0.1, -0.05) is 15.9 Å². The Morgan fingerprint density at radius 3 is 2.71 bits per heavy atom. The van der Waals surface area contributed by atoms with Crippen LogP contribution in [-0.4, -0.2) is 29.4 Å². The topological polar surface area (TPSA) is 49.3 Å². The summed E-state index contributed by atoms with van der Waals surface area (Å²) in [4.78, 5) is 12.5. The quantitative estimate of drug-likeness (QED) is 0.792. The fourth-order valence-electron chi connectivity index (χ4n) is 1.14. The van der Waals surface area contributed by atoms with Crippen LogP contribution >= 0.6 is 27.7 Å². The van der Waals surface area contributed by atoms with E-state index in [0.29, 0.717) is 13.0 Å². The first-order chi connectivity index (χ1) is 8.08. The van der Waals surface area contributed by atoms with Gasteiger partial charge >= 0.3 is 0 Å². The molecule has 1 amide bonds. The van der Waals surface area contributed by atoms with Crippen molar-refractivity contribution in [2.24, 2.45) is 0 Å². The van der Waals surface area contributed by atoms with E-state index in [9.17, 15) is 4.79 Å². The summed E-state index contributed by atoms with van der Waals surface area (Å²) in [5.41, 5.74) is 0. The van der Waals surface area contributed by atoms with Crippen LogP contribution in [0.5, 0.6) is 0 Å². The lowest BCUT2D eigenvalue weighted by Gasteiger charge is -2.06. The van der Waals surface area contributed by atoms with Crippen molar-refractivity contribution >= 4 is 33.6 Å². The van der Waals surface area contributed by atoms with Crippen LogP contribution < -0.4 is 5.32 Å². The summed E-state index contributed by atoms with van der Waals surface area (Å²) in [6.07, 6.45) is -0.0222. The molecule has 0 aliphatic carbocycles. The Kier molecular flexibility index (Phi) is 6.62. The maximum absolute atomic E-state index is 11.3. The number of carbonyl (C=O) groups excluding carboxylic acids is 1. The van der Waals surface area contributed by atoms with E-state index in [0.717, 1.165) is 15.1 Å². The molecule has 0 bridgehead atoms. The molecule has 0 aliphatic rings. The average Bonchev–Trinajstić information content (AvgIpc) is 2.29. The van der Waals surface area contributed by atoms with Crippen molar-refractivity contribution in [3.63, 3.8) is 0 Å². The molecular formula is C12H16BrNO2S. The number of halogens is 1. The molecule has 1 aromatic rings. The van der Waals surface area contributed by atoms with E-state index in [4.69, 9.17) is 5.11 Å². The molecule has 0 radical (unpaired) electrons. The Labute approximate surface area is 114 Å². The lowest BCUT2D eigenvalue weighted by molar-refractivity contribution is -0.121. The smallest absolute Gasteiger partial charge is 0.220 e. The Hall–Kier alpha value is -0.520. The summed E-state index contributed by atoms with van der Waals surface area (Å²) >= 11 is 5.02. The third-order valence-corrected chi connectivity index (χ3v) is 3.55. The summed E-state index contributed by atoms with van der Waals surface area (Å²) in [5.74, 6) is 0.725. The third kappa shape index (κ3) is 6.71. The minimum Gasteiger partial charge on any atom is -0.392 e. The van der Waals surface area contributed by atoms with E-state index in [-0.39, 0.29) is 5.91 Å². The van der Waals surface area contributed by atoms with Crippen molar-refractivity contribution in [1.29, 1.82) is 0 Å². The molecule has 0 aliphatic heterocycles. The molecular weight excluding hydrogens is 302 g/mol. The van der Waals surface area contributed by atoms with E-state index in [1.54, 1.807) is 18.7 Å². The van der Waals surface area contributed by atoms with Crippen LogP contribution in [-0.2, 0) is 4.79 Å². The maximum Gasteiger partial charge on any atom is 0.220 e. The second kappa shape index (κ2) is 7.74. The van der Waals surface area contributed by atoms with Gasteiger partial charge in [-0.25, -0.2) is 0 Å². The van der Waals surface area contributed by atoms with Crippen molar-refractivity contribution in [3.05, 3.63) is 28.7 Å². The van der Waals surface area contributed by atoms with E-state index in [1.807, 2.05) is 24.3 Å². The standard InChI is InChI=1S/C12H16BrNO2S/c1-9(15)8-14-12(16)6-7-17-11-4-2-10(13)3-5-11/h2-5,9,15H,6-8H2,1H3,(H,14,16). The zero-order valence-corrected chi connectivity index (χ0v) is 12.1. The highest BCUT2D eigenvalue weighted by atomic mass is 79.9. The SMILES string of the molecule is CC(O)CNC(=O)CCSc1ccc(Br)cc1. The van der Waals surface area contributed by atoms with Crippen LogP contribution in [0.15, 0.2) is 33.6 Å². The lowest BCUT2D eigenvalue weighted by Crippen LogP contribution is -2.30. The van der Waals surface area contributed by atoms with E-state index >= 15 is 0 Å². The Morgan fingerprint density at radius 1 is 1.47 bits per heavy atom. The van der Waals surface area contributed by atoms with Crippen LogP contribution in [0.3, 0.4) is 0 Å². The van der Waals surface area contributed by atoms with Gasteiger partial charge in [0.1, 0.15) is 0 Å². The van der Waals surface area contributed by atoms with Crippen LogP contribution in [0.1, 0.15) is 13.3 Å². The number of aliphatic hydroxyl groups is 1. The van der Waals surface area contributed by atoms with Gasteiger partial charge in [0.2, 0.25) is 5.91 Å². The number of hydrogen-bond donors (Lipinski definition) is 2. The number of thioether (sulfide) groups is 1. The van der Waals surface area contributed by atoms with Crippen molar-refractivity contribution in [1.82, 2.24) is 5.32 Å². The van der Waals surface area contributed by atoms with Gasteiger partial charge in [0.05, 0.1) is 6.10 Å². The van der Waals surface area contributed by atoms with Gasteiger partial charge in [-0.2, -0.15) is 0 Å². The summed E-state index contributed by atoms with van der Waals surface area (Å²) < 4.78 is 1.05. The molecule has 0 heterocycles. The van der Waals surface area contributed by atoms with Crippen LogP contribution in [0.2, 0.25) is 0 Å². The molecule has 0 spiro atoms. The van der Waals surface area contributed by atoms with Gasteiger partial charge in [0, 0.05) is 28.1 Å². The molecule has 1 atom stereocenters. The largest absolute Gasteiger partial charge is 0.392 e. The number of benzene rings is 1. The highest BCUT2D eigenvalue weighted by molar-refractivity contribution is 9.10. The number of rotatable bonds is 6. The fraction of sp³-hybridized carbons (Fsp3) is 0.417. The minimum absolute atomic E-state index is 0.0180. The predicted octanol–water partition coefficient (Wildman–Crippen LogP) is 2.43. The minimum atomic E-state index is -0.488.